The molecule has 0 saturated heterocycles. The van der Waals surface area contributed by atoms with E-state index in [1.54, 1.807) is 19.2 Å². The van der Waals surface area contributed by atoms with Crippen molar-refractivity contribution < 1.29 is 9.13 Å². The van der Waals surface area contributed by atoms with Crippen molar-refractivity contribution in [2.75, 3.05) is 13.7 Å². The number of ether oxygens (including phenoxy) is 1. The second-order valence-electron chi connectivity index (χ2n) is 6.60. The summed E-state index contributed by atoms with van der Waals surface area (Å²) in [6.07, 6.45) is 8.07. The number of benzene rings is 1. The SMILES string of the molecule is COCCC1CCC(c2ccc(-c3ccc(Cl)c(F)c3)nc2)CC1. The second-order valence-corrected chi connectivity index (χ2v) is 7.01. The average Bonchev–Trinajstić information content (AvgIpc) is 2.63. The summed E-state index contributed by atoms with van der Waals surface area (Å²) in [4.78, 5) is 4.53. The Balaban J connectivity index is 1.64. The molecule has 1 aromatic heterocycles. The van der Waals surface area contributed by atoms with Crippen LogP contribution in [0.5, 0.6) is 0 Å². The van der Waals surface area contributed by atoms with Crippen LogP contribution in [0.2, 0.25) is 5.02 Å². The maximum absolute atomic E-state index is 13.6. The van der Waals surface area contributed by atoms with Crippen LogP contribution < -0.4 is 0 Å². The Hall–Kier alpha value is -1.45. The molecule has 128 valence electrons. The van der Waals surface area contributed by atoms with Crippen molar-refractivity contribution in [2.45, 2.75) is 38.0 Å². The Morgan fingerprint density at radius 1 is 1.17 bits per heavy atom. The summed E-state index contributed by atoms with van der Waals surface area (Å²) >= 11 is 5.74. The lowest BCUT2D eigenvalue weighted by Gasteiger charge is -2.28. The van der Waals surface area contributed by atoms with E-state index in [4.69, 9.17) is 16.3 Å². The lowest BCUT2D eigenvalue weighted by molar-refractivity contribution is 0.163. The first-order valence-electron chi connectivity index (χ1n) is 8.57. The van der Waals surface area contributed by atoms with Gasteiger partial charge in [-0.2, -0.15) is 0 Å². The number of hydrogen-bond donors (Lipinski definition) is 0. The van der Waals surface area contributed by atoms with Gasteiger partial charge in [0.25, 0.3) is 0 Å². The molecule has 0 bridgehead atoms. The topological polar surface area (TPSA) is 22.1 Å². The molecule has 0 spiro atoms. The fourth-order valence-corrected chi connectivity index (χ4v) is 3.66. The van der Waals surface area contributed by atoms with E-state index in [0.29, 0.717) is 5.92 Å². The van der Waals surface area contributed by atoms with Crippen LogP contribution in [-0.4, -0.2) is 18.7 Å². The third-order valence-corrected chi connectivity index (χ3v) is 5.36. The molecule has 0 aliphatic heterocycles. The van der Waals surface area contributed by atoms with Crippen LogP contribution in [0.15, 0.2) is 36.5 Å². The van der Waals surface area contributed by atoms with Gasteiger partial charge in [-0.3, -0.25) is 4.98 Å². The van der Waals surface area contributed by atoms with E-state index in [1.165, 1.54) is 43.7 Å². The Kier molecular flexibility index (Phi) is 5.85. The van der Waals surface area contributed by atoms with E-state index in [9.17, 15) is 4.39 Å². The van der Waals surface area contributed by atoms with E-state index in [0.717, 1.165) is 23.8 Å². The summed E-state index contributed by atoms with van der Waals surface area (Å²) in [6.45, 7) is 0.864. The highest BCUT2D eigenvalue weighted by Gasteiger charge is 2.22. The van der Waals surface area contributed by atoms with E-state index in [1.807, 2.05) is 12.3 Å². The molecule has 4 heteroatoms. The van der Waals surface area contributed by atoms with Crippen molar-refractivity contribution in [2.24, 2.45) is 5.92 Å². The van der Waals surface area contributed by atoms with Gasteiger partial charge in [-0.15, -0.1) is 0 Å². The van der Waals surface area contributed by atoms with E-state index >= 15 is 0 Å². The highest BCUT2D eigenvalue weighted by atomic mass is 35.5. The minimum Gasteiger partial charge on any atom is -0.385 e. The number of pyridine rings is 1. The lowest BCUT2D eigenvalue weighted by Crippen LogP contribution is -2.15. The Morgan fingerprint density at radius 2 is 1.96 bits per heavy atom. The summed E-state index contributed by atoms with van der Waals surface area (Å²) in [5, 5.41) is 0.139. The van der Waals surface area contributed by atoms with Crippen LogP contribution in [0.3, 0.4) is 0 Å². The molecule has 1 heterocycles. The molecule has 0 radical (unpaired) electrons. The normalized spacial score (nSPS) is 21.0. The second kappa shape index (κ2) is 8.09. The van der Waals surface area contributed by atoms with Gasteiger partial charge in [0.05, 0.1) is 10.7 Å². The molecular weight excluding hydrogens is 325 g/mol. The summed E-state index contributed by atoms with van der Waals surface area (Å²) in [5.74, 6) is 0.979. The first-order valence-corrected chi connectivity index (χ1v) is 8.95. The van der Waals surface area contributed by atoms with E-state index < -0.39 is 5.82 Å². The van der Waals surface area contributed by atoms with Gasteiger partial charge in [0.2, 0.25) is 0 Å². The van der Waals surface area contributed by atoms with Gasteiger partial charge in [-0.05, 0) is 67.7 Å². The average molecular weight is 348 g/mol. The zero-order valence-corrected chi connectivity index (χ0v) is 14.7. The summed E-state index contributed by atoms with van der Waals surface area (Å²) in [6, 6.07) is 8.92. The standard InChI is InChI=1S/C20H23ClFNO/c1-24-11-10-14-2-4-15(5-3-14)17-7-9-20(23-13-17)16-6-8-18(21)19(22)12-16/h6-9,12-15H,2-5,10-11H2,1H3. The zero-order valence-electron chi connectivity index (χ0n) is 14.0. The molecule has 24 heavy (non-hydrogen) atoms. The molecule has 0 amide bonds. The van der Waals surface area contributed by atoms with Crippen molar-refractivity contribution >= 4 is 11.6 Å². The molecule has 0 N–H and O–H groups in total. The number of aromatic nitrogens is 1. The summed E-state index contributed by atoms with van der Waals surface area (Å²) < 4.78 is 18.8. The van der Waals surface area contributed by atoms with Crippen LogP contribution in [0.4, 0.5) is 4.39 Å². The van der Waals surface area contributed by atoms with Gasteiger partial charge in [0.15, 0.2) is 0 Å². The fraction of sp³-hybridized carbons (Fsp3) is 0.450. The highest BCUT2D eigenvalue weighted by Crippen LogP contribution is 2.37. The first-order chi connectivity index (χ1) is 11.7. The van der Waals surface area contributed by atoms with Gasteiger partial charge in [-0.25, -0.2) is 4.39 Å². The predicted octanol–water partition coefficient (Wildman–Crippen LogP) is 5.85. The van der Waals surface area contributed by atoms with Crippen LogP contribution >= 0.6 is 11.6 Å². The third-order valence-electron chi connectivity index (χ3n) is 5.05. The maximum atomic E-state index is 13.6. The van der Waals surface area contributed by atoms with Crippen molar-refractivity contribution in [1.29, 1.82) is 0 Å². The summed E-state index contributed by atoms with van der Waals surface area (Å²) in [5.41, 5.74) is 2.83. The molecule has 1 saturated carbocycles. The van der Waals surface area contributed by atoms with Gasteiger partial charge < -0.3 is 4.74 Å². The van der Waals surface area contributed by atoms with Gasteiger partial charge >= 0.3 is 0 Å². The van der Waals surface area contributed by atoms with Crippen molar-refractivity contribution in [3.8, 4) is 11.3 Å². The Labute approximate surface area is 148 Å². The molecule has 3 rings (SSSR count). The first kappa shape index (κ1) is 17.4. The van der Waals surface area contributed by atoms with Crippen LogP contribution in [-0.2, 0) is 4.74 Å². The minimum absolute atomic E-state index is 0.139. The Morgan fingerprint density at radius 3 is 2.58 bits per heavy atom. The highest BCUT2D eigenvalue weighted by molar-refractivity contribution is 6.30. The molecule has 1 fully saturated rings. The Bertz CT molecular complexity index is 666. The van der Waals surface area contributed by atoms with Crippen LogP contribution in [0.25, 0.3) is 11.3 Å². The predicted molar refractivity (Wildman–Crippen MR) is 95.8 cm³/mol. The smallest absolute Gasteiger partial charge is 0.142 e. The molecule has 1 aliphatic rings. The number of halogens is 2. The minimum atomic E-state index is -0.408. The fourth-order valence-electron chi connectivity index (χ4n) is 3.54. The molecule has 2 aromatic rings. The van der Waals surface area contributed by atoms with Crippen LogP contribution in [0.1, 0.15) is 43.6 Å². The molecule has 0 unspecified atom stereocenters. The molecule has 0 atom stereocenters. The molecular formula is C20H23ClFNO. The van der Waals surface area contributed by atoms with E-state index in [2.05, 4.69) is 11.1 Å². The number of hydrogen-bond acceptors (Lipinski definition) is 2. The molecule has 2 nitrogen and oxygen atoms in total. The van der Waals surface area contributed by atoms with Gasteiger partial charge in [0.1, 0.15) is 5.82 Å². The zero-order chi connectivity index (χ0) is 16.9. The number of nitrogens with zero attached hydrogens (tertiary/aromatic N) is 1. The summed E-state index contributed by atoms with van der Waals surface area (Å²) in [7, 11) is 1.77. The van der Waals surface area contributed by atoms with E-state index in [-0.39, 0.29) is 5.02 Å². The molecule has 1 aliphatic carbocycles. The third kappa shape index (κ3) is 4.14. The largest absolute Gasteiger partial charge is 0.385 e. The van der Waals surface area contributed by atoms with Crippen molar-refractivity contribution in [3.63, 3.8) is 0 Å². The van der Waals surface area contributed by atoms with Gasteiger partial charge in [0, 0.05) is 25.5 Å². The monoisotopic (exact) mass is 347 g/mol. The van der Waals surface area contributed by atoms with Gasteiger partial charge in [-0.1, -0.05) is 23.7 Å². The number of methoxy groups -OCH3 is 1. The maximum Gasteiger partial charge on any atom is 0.142 e. The number of rotatable bonds is 5. The molecule has 1 aromatic carbocycles. The van der Waals surface area contributed by atoms with Crippen molar-refractivity contribution in [3.05, 3.63) is 52.9 Å². The van der Waals surface area contributed by atoms with Crippen LogP contribution in [0, 0.1) is 11.7 Å². The quantitative estimate of drug-likeness (QED) is 0.676. The van der Waals surface area contributed by atoms with Crippen molar-refractivity contribution in [1.82, 2.24) is 4.98 Å². The lowest BCUT2D eigenvalue weighted by atomic mass is 9.78.